The maximum Gasteiger partial charge on any atom is 0.255 e. The minimum absolute atomic E-state index is 0.0989. The van der Waals surface area contributed by atoms with Crippen LogP contribution in [-0.2, 0) is 7.05 Å². The Bertz CT molecular complexity index is 933. The lowest BCUT2D eigenvalue weighted by Gasteiger charge is -2.08. The number of carbonyl (C=O) groups excluding carboxylic acids is 2. The molecule has 0 saturated heterocycles. The second-order valence-electron chi connectivity index (χ2n) is 5.12. The van der Waals surface area contributed by atoms with Crippen LogP contribution in [0.25, 0.3) is 11.0 Å². The van der Waals surface area contributed by atoms with E-state index in [1.165, 1.54) is 6.92 Å². The van der Waals surface area contributed by atoms with Gasteiger partial charge in [-0.05, 0) is 43.3 Å². The Morgan fingerprint density at radius 1 is 1.13 bits per heavy atom. The molecule has 6 nitrogen and oxygen atoms in total. The number of aromatic nitrogens is 3. The van der Waals surface area contributed by atoms with Gasteiger partial charge in [-0.2, -0.15) is 0 Å². The highest BCUT2D eigenvalue weighted by Gasteiger charge is 2.12. The molecule has 0 saturated carbocycles. The van der Waals surface area contributed by atoms with Crippen molar-refractivity contribution in [2.45, 2.75) is 6.92 Å². The Morgan fingerprint density at radius 3 is 2.61 bits per heavy atom. The van der Waals surface area contributed by atoms with Crippen molar-refractivity contribution >= 4 is 40.0 Å². The highest BCUT2D eigenvalue weighted by atomic mass is 35.5. The van der Waals surface area contributed by atoms with Crippen molar-refractivity contribution in [3.63, 3.8) is 0 Å². The van der Waals surface area contributed by atoms with Crippen molar-refractivity contribution in [1.82, 2.24) is 15.0 Å². The molecule has 1 heterocycles. The van der Waals surface area contributed by atoms with Crippen molar-refractivity contribution < 1.29 is 9.59 Å². The molecule has 23 heavy (non-hydrogen) atoms. The van der Waals surface area contributed by atoms with Crippen LogP contribution in [0.4, 0.5) is 5.69 Å². The summed E-state index contributed by atoms with van der Waals surface area (Å²) < 4.78 is 1.63. The molecule has 0 aliphatic carbocycles. The number of carbonyl (C=O) groups is 2. The zero-order chi connectivity index (χ0) is 16.6. The van der Waals surface area contributed by atoms with Crippen molar-refractivity contribution in [3.05, 3.63) is 52.5 Å². The van der Waals surface area contributed by atoms with Crippen LogP contribution < -0.4 is 5.32 Å². The van der Waals surface area contributed by atoms with E-state index in [4.69, 9.17) is 11.6 Å². The third-order valence-electron chi connectivity index (χ3n) is 3.49. The van der Waals surface area contributed by atoms with Gasteiger partial charge in [0.15, 0.2) is 5.78 Å². The molecule has 7 heteroatoms. The van der Waals surface area contributed by atoms with Gasteiger partial charge < -0.3 is 5.32 Å². The molecular formula is C16H13ClN4O2. The molecule has 1 aromatic heterocycles. The third-order valence-corrected chi connectivity index (χ3v) is 3.82. The quantitative estimate of drug-likeness (QED) is 0.749. The number of rotatable bonds is 3. The number of anilines is 1. The first-order chi connectivity index (χ1) is 11.0. The zero-order valence-electron chi connectivity index (χ0n) is 12.5. The summed E-state index contributed by atoms with van der Waals surface area (Å²) in [7, 11) is 1.78. The van der Waals surface area contributed by atoms with Gasteiger partial charge in [0, 0.05) is 18.2 Å². The minimum atomic E-state index is -0.333. The molecule has 0 unspecified atom stereocenters. The van der Waals surface area contributed by atoms with E-state index in [9.17, 15) is 9.59 Å². The summed E-state index contributed by atoms with van der Waals surface area (Å²) in [4.78, 5) is 23.8. The molecule has 116 valence electrons. The molecule has 0 spiro atoms. The van der Waals surface area contributed by atoms with E-state index in [-0.39, 0.29) is 11.7 Å². The standard InChI is InChI=1S/C16H13ClN4O2/c1-9(22)10-3-5-12(17)13(7-10)18-16(23)11-4-6-15-14(8-11)19-20-21(15)2/h3-8H,1-2H3,(H,18,23). The van der Waals surface area contributed by atoms with Crippen LogP contribution in [0, 0.1) is 0 Å². The van der Waals surface area contributed by atoms with Crippen molar-refractivity contribution in [2.75, 3.05) is 5.32 Å². The van der Waals surface area contributed by atoms with Gasteiger partial charge in [0.05, 0.1) is 16.2 Å². The first-order valence-corrected chi connectivity index (χ1v) is 7.25. The van der Waals surface area contributed by atoms with Crippen LogP contribution in [0.5, 0.6) is 0 Å². The molecule has 0 atom stereocenters. The Hall–Kier alpha value is -2.73. The van der Waals surface area contributed by atoms with Crippen LogP contribution in [0.2, 0.25) is 5.02 Å². The number of benzene rings is 2. The van der Waals surface area contributed by atoms with E-state index in [2.05, 4.69) is 15.6 Å². The first kappa shape index (κ1) is 15.2. The number of halogens is 1. The topological polar surface area (TPSA) is 76.9 Å². The predicted molar refractivity (Wildman–Crippen MR) is 87.9 cm³/mol. The fourth-order valence-electron chi connectivity index (χ4n) is 2.22. The average molecular weight is 329 g/mol. The fourth-order valence-corrected chi connectivity index (χ4v) is 2.38. The average Bonchev–Trinajstić information content (AvgIpc) is 2.90. The predicted octanol–water partition coefficient (Wildman–Crippen LogP) is 3.08. The summed E-state index contributed by atoms with van der Waals surface area (Å²) in [5, 5.41) is 11.0. The molecule has 1 N–H and O–H groups in total. The lowest BCUT2D eigenvalue weighted by molar-refractivity contribution is 0.101. The van der Waals surface area contributed by atoms with E-state index >= 15 is 0 Å². The Kier molecular flexibility index (Phi) is 3.83. The molecule has 0 fully saturated rings. The number of nitrogens with zero attached hydrogens (tertiary/aromatic N) is 3. The second-order valence-corrected chi connectivity index (χ2v) is 5.53. The highest BCUT2D eigenvalue weighted by molar-refractivity contribution is 6.34. The van der Waals surface area contributed by atoms with Crippen LogP contribution in [0.3, 0.4) is 0 Å². The molecule has 0 aliphatic rings. The van der Waals surface area contributed by atoms with Crippen molar-refractivity contribution in [3.8, 4) is 0 Å². The highest BCUT2D eigenvalue weighted by Crippen LogP contribution is 2.24. The summed E-state index contributed by atoms with van der Waals surface area (Å²) in [5.74, 6) is -0.432. The maximum absolute atomic E-state index is 12.4. The summed E-state index contributed by atoms with van der Waals surface area (Å²) in [6.45, 7) is 1.46. The lowest BCUT2D eigenvalue weighted by Crippen LogP contribution is -2.12. The molecule has 0 bridgehead atoms. The number of ketones is 1. The zero-order valence-corrected chi connectivity index (χ0v) is 13.3. The van der Waals surface area contributed by atoms with Gasteiger partial charge >= 0.3 is 0 Å². The van der Waals surface area contributed by atoms with Gasteiger partial charge in [-0.25, -0.2) is 4.68 Å². The smallest absolute Gasteiger partial charge is 0.255 e. The van der Waals surface area contributed by atoms with Gasteiger partial charge in [-0.15, -0.1) is 5.10 Å². The Balaban J connectivity index is 1.91. The van der Waals surface area contributed by atoms with Gasteiger partial charge in [-0.1, -0.05) is 16.8 Å². The molecule has 3 rings (SSSR count). The summed E-state index contributed by atoms with van der Waals surface area (Å²) in [6.07, 6.45) is 0. The largest absolute Gasteiger partial charge is 0.321 e. The number of amides is 1. The summed E-state index contributed by atoms with van der Waals surface area (Å²) in [5.41, 5.74) is 2.77. The second kappa shape index (κ2) is 5.81. The maximum atomic E-state index is 12.4. The summed E-state index contributed by atoms with van der Waals surface area (Å²) >= 11 is 6.08. The number of Topliss-reactive ketones (excluding diaryl/α,β-unsaturated/α-hetero) is 1. The normalized spacial score (nSPS) is 10.7. The van der Waals surface area contributed by atoms with Crippen LogP contribution in [-0.4, -0.2) is 26.7 Å². The number of hydrogen-bond donors (Lipinski definition) is 1. The van der Waals surface area contributed by atoms with E-state index in [1.807, 2.05) is 0 Å². The van der Waals surface area contributed by atoms with Gasteiger partial charge in [0.1, 0.15) is 5.52 Å². The Labute approximate surface area is 137 Å². The first-order valence-electron chi connectivity index (χ1n) is 6.87. The summed E-state index contributed by atoms with van der Waals surface area (Å²) in [6, 6.07) is 9.87. The SMILES string of the molecule is CC(=O)c1ccc(Cl)c(NC(=O)c2ccc3c(c2)nnn3C)c1. The molecule has 2 aromatic carbocycles. The number of hydrogen-bond acceptors (Lipinski definition) is 4. The number of aryl methyl sites for hydroxylation is 1. The molecule has 0 aliphatic heterocycles. The molecular weight excluding hydrogens is 316 g/mol. The van der Waals surface area contributed by atoms with Gasteiger partial charge in [0.25, 0.3) is 5.91 Å². The molecule has 0 radical (unpaired) electrons. The number of nitrogens with one attached hydrogen (secondary N) is 1. The fraction of sp³-hybridized carbons (Fsp3) is 0.125. The van der Waals surface area contributed by atoms with E-state index in [0.717, 1.165) is 5.52 Å². The van der Waals surface area contributed by atoms with E-state index in [1.54, 1.807) is 48.1 Å². The monoisotopic (exact) mass is 328 g/mol. The van der Waals surface area contributed by atoms with Crippen LogP contribution in [0.15, 0.2) is 36.4 Å². The van der Waals surface area contributed by atoms with Crippen LogP contribution >= 0.6 is 11.6 Å². The lowest BCUT2D eigenvalue weighted by atomic mass is 10.1. The van der Waals surface area contributed by atoms with Crippen LogP contribution in [0.1, 0.15) is 27.6 Å². The van der Waals surface area contributed by atoms with Crippen molar-refractivity contribution in [2.24, 2.45) is 7.05 Å². The van der Waals surface area contributed by atoms with Gasteiger partial charge in [0.2, 0.25) is 0 Å². The molecule has 1 amide bonds. The van der Waals surface area contributed by atoms with E-state index in [0.29, 0.717) is 27.4 Å². The Morgan fingerprint density at radius 2 is 1.87 bits per heavy atom. The van der Waals surface area contributed by atoms with Crippen molar-refractivity contribution in [1.29, 1.82) is 0 Å². The minimum Gasteiger partial charge on any atom is -0.321 e. The van der Waals surface area contributed by atoms with E-state index < -0.39 is 0 Å². The molecule has 3 aromatic rings. The van der Waals surface area contributed by atoms with Gasteiger partial charge in [-0.3, -0.25) is 9.59 Å². The number of fused-ring (bicyclic) bond motifs is 1. The third kappa shape index (κ3) is 2.93.